The maximum Gasteiger partial charge on any atom is 0.277 e. The Labute approximate surface area is 147 Å². The third-order valence-corrected chi connectivity index (χ3v) is 4.72. The normalized spacial score (nSPS) is 11.0. The molecule has 4 rings (SSSR count). The lowest BCUT2D eigenvalue weighted by molar-refractivity contribution is 0.466. The van der Waals surface area contributed by atoms with Crippen molar-refractivity contribution >= 4 is 34.3 Å². The largest absolute Gasteiger partial charge is 0.411 e. The average molecular weight is 354 g/mol. The number of para-hydroxylation sites is 1. The van der Waals surface area contributed by atoms with Crippen LogP contribution in [0.3, 0.4) is 0 Å². The molecule has 0 fully saturated rings. The number of benzene rings is 2. The van der Waals surface area contributed by atoms with Crippen molar-refractivity contribution in [3.63, 3.8) is 0 Å². The summed E-state index contributed by atoms with van der Waals surface area (Å²) in [4.78, 5) is 4.43. The van der Waals surface area contributed by atoms with Gasteiger partial charge >= 0.3 is 0 Å². The van der Waals surface area contributed by atoms with Crippen molar-refractivity contribution in [2.75, 3.05) is 0 Å². The Morgan fingerprint density at radius 3 is 2.62 bits per heavy atom. The highest BCUT2D eigenvalue weighted by molar-refractivity contribution is 7.98. The first-order valence-corrected chi connectivity index (χ1v) is 8.72. The summed E-state index contributed by atoms with van der Waals surface area (Å²) in [6, 6.07) is 19.6. The summed E-state index contributed by atoms with van der Waals surface area (Å²) in [6.07, 6.45) is 0. The van der Waals surface area contributed by atoms with Gasteiger partial charge in [-0.15, -0.1) is 10.2 Å². The van der Waals surface area contributed by atoms with Gasteiger partial charge in [-0.3, -0.25) is 0 Å². The van der Waals surface area contributed by atoms with Crippen LogP contribution in [0.1, 0.15) is 5.56 Å². The summed E-state index contributed by atoms with van der Waals surface area (Å²) in [7, 11) is 0. The summed E-state index contributed by atoms with van der Waals surface area (Å²) in [5.74, 6) is 1.13. The standard InChI is InChI=1S/C18H12ClN3OS/c19-16-14(10-13-8-4-5-9-15(13)20-16)11-24-18-22-21-17(23-18)12-6-2-1-3-7-12/h1-10H,11H2. The summed E-state index contributed by atoms with van der Waals surface area (Å²) in [5.41, 5.74) is 2.74. The summed E-state index contributed by atoms with van der Waals surface area (Å²) >= 11 is 7.73. The molecular weight excluding hydrogens is 342 g/mol. The zero-order valence-corrected chi connectivity index (χ0v) is 14.1. The van der Waals surface area contributed by atoms with Crippen LogP contribution in [0.2, 0.25) is 5.15 Å². The Balaban J connectivity index is 1.53. The van der Waals surface area contributed by atoms with Crippen LogP contribution in [-0.4, -0.2) is 15.2 Å². The van der Waals surface area contributed by atoms with Gasteiger partial charge in [0.15, 0.2) is 0 Å². The van der Waals surface area contributed by atoms with E-state index in [0.717, 1.165) is 22.0 Å². The molecule has 0 aliphatic heterocycles. The topological polar surface area (TPSA) is 51.8 Å². The van der Waals surface area contributed by atoms with E-state index in [1.165, 1.54) is 11.8 Å². The molecule has 0 aliphatic rings. The SMILES string of the molecule is Clc1nc2ccccc2cc1CSc1nnc(-c2ccccc2)o1. The van der Waals surface area contributed by atoms with Gasteiger partial charge in [0.1, 0.15) is 5.15 Å². The minimum Gasteiger partial charge on any atom is -0.411 e. The predicted octanol–water partition coefficient (Wildman–Crippen LogP) is 5.23. The smallest absolute Gasteiger partial charge is 0.277 e. The number of rotatable bonds is 4. The van der Waals surface area contributed by atoms with E-state index >= 15 is 0 Å². The minimum atomic E-state index is 0.504. The van der Waals surface area contributed by atoms with Crippen molar-refractivity contribution in [3.05, 3.63) is 71.4 Å². The Bertz CT molecular complexity index is 988. The Morgan fingerprint density at radius 2 is 1.75 bits per heavy atom. The second-order valence-electron chi connectivity index (χ2n) is 5.16. The summed E-state index contributed by atoms with van der Waals surface area (Å²) in [6.45, 7) is 0. The number of pyridine rings is 1. The van der Waals surface area contributed by atoms with Crippen LogP contribution in [-0.2, 0) is 5.75 Å². The van der Waals surface area contributed by atoms with Crippen LogP contribution >= 0.6 is 23.4 Å². The van der Waals surface area contributed by atoms with E-state index in [4.69, 9.17) is 16.0 Å². The van der Waals surface area contributed by atoms with Gasteiger partial charge in [-0.2, -0.15) is 0 Å². The number of aromatic nitrogens is 3. The fraction of sp³-hybridized carbons (Fsp3) is 0.0556. The lowest BCUT2D eigenvalue weighted by atomic mass is 10.2. The first-order chi connectivity index (χ1) is 11.8. The van der Waals surface area contributed by atoms with E-state index in [2.05, 4.69) is 15.2 Å². The Kier molecular flexibility index (Phi) is 4.19. The molecule has 0 amide bonds. The van der Waals surface area contributed by atoms with Crippen molar-refractivity contribution in [2.24, 2.45) is 0 Å². The quantitative estimate of drug-likeness (QED) is 0.371. The molecule has 118 valence electrons. The molecule has 0 unspecified atom stereocenters. The van der Waals surface area contributed by atoms with Crippen LogP contribution in [0.5, 0.6) is 0 Å². The molecule has 4 aromatic rings. The molecule has 0 aliphatic carbocycles. The van der Waals surface area contributed by atoms with Crippen molar-refractivity contribution in [1.29, 1.82) is 0 Å². The van der Waals surface area contributed by atoms with E-state index in [1.807, 2.05) is 60.7 Å². The van der Waals surface area contributed by atoms with Crippen molar-refractivity contribution in [2.45, 2.75) is 11.0 Å². The van der Waals surface area contributed by atoms with Crippen LogP contribution in [0, 0.1) is 0 Å². The molecule has 0 N–H and O–H groups in total. The molecule has 0 spiro atoms. The van der Waals surface area contributed by atoms with Crippen LogP contribution in [0.15, 0.2) is 70.3 Å². The average Bonchev–Trinajstić information content (AvgIpc) is 3.10. The lowest BCUT2D eigenvalue weighted by Crippen LogP contribution is -1.88. The molecule has 6 heteroatoms. The van der Waals surface area contributed by atoms with E-state index in [1.54, 1.807) is 0 Å². The minimum absolute atomic E-state index is 0.504. The molecule has 2 aromatic carbocycles. The maximum absolute atomic E-state index is 6.28. The second kappa shape index (κ2) is 6.63. The molecule has 0 radical (unpaired) electrons. The monoisotopic (exact) mass is 353 g/mol. The summed E-state index contributed by atoms with van der Waals surface area (Å²) < 4.78 is 5.70. The van der Waals surface area contributed by atoms with Crippen molar-refractivity contribution in [1.82, 2.24) is 15.2 Å². The molecule has 0 saturated carbocycles. The van der Waals surface area contributed by atoms with Crippen LogP contribution in [0.4, 0.5) is 0 Å². The third-order valence-electron chi connectivity index (χ3n) is 3.53. The zero-order valence-electron chi connectivity index (χ0n) is 12.5. The number of thioether (sulfide) groups is 1. The summed E-state index contributed by atoms with van der Waals surface area (Å²) in [5, 5.41) is 10.2. The molecule has 2 aromatic heterocycles. The van der Waals surface area contributed by atoms with Crippen molar-refractivity contribution in [3.8, 4) is 11.5 Å². The number of halogens is 1. The number of fused-ring (bicyclic) bond motifs is 1. The lowest BCUT2D eigenvalue weighted by Gasteiger charge is -2.04. The van der Waals surface area contributed by atoms with Gasteiger partial charge in [0.25, 0.3) is 5.22 Å². The van der Waals surface area contributed by atoms with Gasteiger partial charge < -0.3 is 4.42 Å². The second-order valence-corrected chi connectivity index (χ2v) is 6.44. The molecule has 0 saturated heterocycles. The molecule has 0 atom stereocenters. The molecule has 2 heterocycles. The zero-order chi connectivity index (χ0) is 16.4. The van der Waals surface area contributed by atoms with Gasteiger partial charge in [-0.25, -0.2) is 4.98 Å². The highest BCUT2D eigenvalue weighted by Gasteiger charge is 2.11. The molecular formula is C18H12ClN3OS. The van der Waals surface area contributed by atoms with Gasteiger partial charge in [-0.1, -0.05) is 59.8 Å². The third kappa shape index (κ3) is 3.13. The Hall–Kier alpha value is -2.37. The number of nitrogens with zero attached hydrogens (tertiary/aromatic N) is 3. The van der Waals surface area contributed by atoms with Gasteiger partial charge in [0.05, 0.1) is 5.52 Å². The van der Waals surface area contributed by atoms with E-state index in [0.29, 0.717) is 22.0 Å². The highest BCUT2D eigenvalue weighted by Crippen LogP contribution is 2.29. The van der Waals surface area contributed by atoms with Gasteiger partial charge in [0, 0.05) is 22.3 Å². The van der Waals surface area contributed by atoms with Crippen LogP contribution in [0.25, 0.3) is 22.4 Å². The fourth-order valence-electron chi connectivity index (χ4n) is 2.34. The predicted molar refractivity (Wildman–Crippen MR) is 96.0 cm³/mol. The van der Waals surface area contributed by atoms with Crippen molar-refractivity contribution < 1.29 is 4.42 Å². The first kappa shape index (κ1) is 15.2. The highest BCUT2D eigenvalue weighted by atomic mass is 35.5. The maximum atomic E-state index is 6.28. The molecule has 0 bridgehead atoms. The van der Waals surface area contributed by atoms with Gasteiger partial charge in [0.2, 0.25) is 5.89 Å². The first-order valence-electron chi connectivity index (χ1n) is 7.35. The van der Waals surface area contributed by atoms with E-state index in [-0.39, 0.29) is 0 Å². The molecule has 4 nitrogen and oxygen atoms in total. The fourth-order valence-corrected chi connectivity index (χ4v) is 3.37. The van der Waals surface area contributed by atoms with Gasteiger partial charge in [-0.05, 0) is 24.3 Å². The number of hydrogen-bond acceptors (Lipinski definition) is 5. The number of hydrogen-bond donors (Lipinski definition) is 0. The van der Waals surface area contributed by atoms with E-state index < -0.39 is 0 Å². The molecule has 24 heavy (non-hydrogen) atoms. The Morgan fingerprint density at radius 1 is 0.958 bits per heavy atom. The van der Waals surface area contributed by atoms with Crippen LogP contribution < -0.4 is 0 Å². The van der Waals surface area contributed by atoms with E-state index in [9.17, 15) is 0 Å².